The number of hydrogen-bond donors (Lipinski definition) is 2. The molecule has 3 aromatic rings. The maximum atomic E-state index is 13.2. The fraction of sp³-hybridized carbons (Fsp3) is 0.385. The van der Waals surface area contributed by atoms with Crippen molar-refractivity contribution in [3.8, 4) is 5.69 Å². The molecule has 2 aromatic carbocycles. The second-order valence-corrected chi connectivity index (χ2v) is 9.30. The summed E-state index contributed by atoms with van der Waals surface area (Å²) in [6.07, 6.45) is -1.65. The Morgan fingerprint density at radius 2 is 1.74 bits per heavy atom. The summed E-state index contributed by atoms with van der Waals surface area (Å²) in [6.45, 7) is 0.898. The number of nitrogens with one attached hydrogen (secondary N) is 2. The standard InChI is InChI=1S/C26H28F3N5O/c1-17-23(18-9-4-2-5-10-18)22(15-33(17)16-26(27,28)29)30-25(35)31-24-20-13-8-14-21(20)32-34(24)19-11-6-3-7-12-19/h2-7,9-12,17,22-23H,8,13-16H2,1H3,(H2,30,31,35)/t17-,22+,23-/m1/s1. The van der Waals surface area contributed by atoms with Crippen molar-refractivity contribution in [2.24, 2.45) is 0 Å². The molecule has 1 aliphatic heterocycles. The summed E-state index contributed by atoms with van der Waals surface area (Å²) < 4.78 is 41.4. The summed E-state index contributed by atoms with van der Waals surface area (Å²) in [4.78, 5) is 14.6. The molecule has 2 N–H and O–H groups in total. The maximum Gasteiger partial charge on any atom is 0.401 e. The predicted molar refractivity (Wildman–Crippen MR) is 128 cm³/mol. The maximum absolute atomic E-state index is 13.2. The molecule has 1 saturated heterocycles. The number of para-hydroxylation sites is 1. The van der Waals surface area contributed by atoms with E-state index < -0.39 is 24.8 Å². The molecule has 0 bridgehead atoms. The molecule has 1 fully saturated rings. The number of fused-ring (bicyclic) bond motifs is 1. The quantitative estimate of drug-likeness (QED) is 0.543. The number of rotatable bonds is 5. The third-order valence-electron chi connectivity index (χ3n) is 6.98. The van der Waals surface area contributed by atoms with E-state index in [0.29, 0.717) is 5.82 Å². The van der Waals surface area contributed by atoms with Gasteiger partial charge in [-0.25, -0.2) is 9.48 Å². The Labute approximate surface area is 202 Å². The second kappa shape index (κ2) is 9.37. The molecule has 35 heavy (non-hydrogen) atoms. The molecular weight excluding hydrogens is 455 g/mol. The Hall–Kier alpha value is -3.33. The third-order valence-corrected chi connectivity index (χ3v) is 6.98. The number of anilines is 1. The van der Waals surface area contributed by atoms with Gasteiger partial charge in [-0.1, -0.05) is 48.5 Å². The molecule has 0 radical (unpaired) electrons. The van der Waals surface area contributed by atoms with E-state index in [1.165, 1.54) is 4.90 Å². The lowest BCUT2D eigenvalue weighted by Crippen LogP contribution is -2.43. The minimum Gasteiger partial charge on any atom is -0.333 e. The largest absolute Gasteiger partial charge is 0.401 e. The minimum absolute atomic E-state index is 0.115. The van der Waals surface area contributed by atoms with E-state index in [0.717, 1.165) is 41.8 Å². The second-order valence-electron chi connectivity index (χ2n) is 9.30. The van der Waals surface area contributed by atoms with Gasteiger partial charge in [0.05, 0.1) is 24.0 Å². The zero-order chi connectivity index (χ0) is 24.6. The number of urea groups is 1. The van der Waals surface area contributed by atoms with E-state index in [1.54, 1.807) is 11.6 Å². The zero-order valence-corrected chi connectivity index (χ0v) is 19.4. The highest BCUT2D eigenvalue weighted by Crippen LogP contribution is 2.36. The molecule has 2 amide bonds. The van der Waals surface area contributed by atoms with Crippen LogP contribution in [0.1, 0.15) is 36.1 Å². The Morgan fingerprint density at radius 1 is 1.06 bits per heavy atom. The smallest absolute Gasteiger partial charge is 0.333 e. The van der Waals surface area contributed by atoms with Gasteiger partial charge in [0.2, 0.25) is 0 Å². The van der Waals surface area contributed by atoms with Gasteiger partial charge in [0.25, 0.3) is 0 Å². The predicted octanol–water partition coefficient (Wildman–Crippen LogP) is 4.90. The van der Waals surface area contributed by atoms with E-state index in [1.807, 2.05) is 60.7 Å². The van der Waals surface area contributed by atoms with Crippen molar-refractivity contribution < 1.29 is 18.0 Å². The number of halogens is 3. The molecule has 0 saturated carbocycles. The molecule has 3 atom stereocenters. The fourth-order valence-corrected chi connectivity index (χ4v) is 5.44. The van der Waals surface area contributed by atoms with Gasteiger partial charge >= 0.3 is 12.2 Å². The number of carbonyl (C=O) groups excluding carboxylic acids is 1. The van der Waals surface area contributed by atoms with E-state index in [4.69, 9.17) is 5.10 Å². The van der Waals surface area contributed by atoms with Crippen LogP contribution >= 0.6 is 0 Å². The van der Waals surface area contributed by atoms with Crippen molar-refractivity contribution >= 4 is 11.8 Å². The molecule has 0 unspecified atom stereocenters. The Morgan fingerprint density at radius 3 is 2.43 bits per heavy atom. The van der Waals surface area contributed by atoms with E-state index >= 15 is 0 Å². The van der Waals surface area contributed by atoms with Gasteiger partial charge in [-0.05, 0) is 43.9 Å². The van der Waals surface area contributed by atoms with Crippen molar-refractivity contribution in [3.05, 3.63) is 77.5 Å². The minimum atomic E-state index is -4.31. The number of aromatic nitrogens is 2. The summed E-state index contributed by atoms with van der Waals surface area (Å²) in [6, 6.07) is 17.7. The normalized spacial score (nSPS) is 22.2. The van der Waals surface area contributed by atoms with E-state index in [2.05, 4.69) is 10.6 Å². The number of carbonyl (C=O) groups is 1. The summed E-state index contributed by atoms with van der Waals surface area (Å²) in [5.74, 6) is 0.352. The summed E-state index contributed by atoms with van der Waals surface area (Å²) in [7, 11) is 0. The molecule has 2 heterocycles. The van der Waals surface area contributed by atoms with Crippen molar-refractivity contribution in [1.29, 1.82) is 0 Å². The lowest BCUT2D eigenvalue weighted by atomic mass is 9.89. The first-order valence-electron chi connectivity index (χ1n) is 11.9. The highest BCUT2D eigenvalue weighted by Gasteiger charge is 2.45. The number of likely N-dealkylation sites (tertiary alicyclic amines) is 1. The van der Waals surface area contributed by atoms with Gasteiger partial charge < -0.3 is 5.32 Å². The average Bonchev–Trinajstić information content (AvgIpc) is 3.49. The monoisotopic (exact) mass is 483 g/mol. The number of nitrogens with zero attached hydrogens (tertiary/aromatic N) is 3. The molecule has 184 valence electrons. The summed E-state index contributed by atoms with van der Waals surface area (Å²) in [5.41, 5.74) is 3.73. The first-order valence-corrected chi connectivity index (χ1v) is 11.9. The van der Waals surface area contributed by atoms with Gasteiger partial charge in [-0.15, -0.1) is 0 Å². The molecule has 9 heteroatoms. The molecule has 1 aliphatic carbocycles. The third kappa shape index (κ3) is 4.91. The van der Waals surface area contributed by atoms with E-state index in [-0.39, 0.29) is 18.5 Å². The topological polar surface area (TPSA) is 62.2 Å². The molecule has 6 nitrogen and oxygen atoms in total. The van der Waals surface area contributed by atoms with Crippen LogP contribution in [0.3, 0.4) is 0 Å². The Kier molecular flexibility index (Phi) is 6.27. The highest BCUT2D eigenvalue weighted by molar-refractivity contribution is 5.90. The van der Waals surface area contributed by atoms with Gasteiger partial charge in [0.1, 0.15) is 5.82 Å². The number of alkyl halides is 3. The molecular formula is C26H28F3N5O. The molecule has 1 aromatic heterocycles. The molecule has 0 spiro atoms. The molecule has 2 aliphatic rings. The Balaban J connectivity index is 1.39. The zero-order valence-electron chi connectivity index (χ0n) is 19.4. The van der Waals surface area contributed by atoms with Gasteiger partial charge in [-0.3, -0.25) is 10.2 Å². The summed E-state index contributed by atoms with van der Waals surface area (Å²) >= 11 is 0. The van der Waals surface area contributed by atoms with Crippen LogP contribution in [-0.4, -0.2) is 52.1 Å². The van der Waals surface area contributed by atoms with Crippen LogP contribution in [0.5, 0.6) is 0 Å². The van der Waals surface area contributed by atoms with Crippen LogP contribution in [0.2, 0.25) is 0 Å². The van der Waals surface area contributed by atoms with Crippen LogP contribution in [-0.2, 0) is 12.8 Å². The SMILES string of the molecule is C[C@@H]1[C@H](c2ccccc2)[C@@H](NC(=O)Nc2c3c(nn2-c2ccccc2)CCC3)CN1CC(F)(F)F. The van der Waals surface area contributed by atoms with Crippen LogP contribution in [0.4, 0.5) is 23.8 Å². The number of amides is 2. The Bertz CT molecular complexity index is 1180. The lowest BCUT2D eigenvalue weighted by Gasteiger charge is -2.26. The van der Waals surface area contributed by atoms with Crippen LogP contribution < -0.4 is 10.6 Å². The van der Waals surface area contributed by atoms with Crippen molar-refractivity contribution in [2.75, 3.05) is 18.4 Å². The first kappa shape index (κ1) is 23.4. The van der Waals surface area contributed by atoms with Crippen molar-refractivity contribution in [2.45, 2.75) is 50.4 Å². The van der Waals surface area contributed by atoms with Gasteiger partial charge in [0.15, 0.2) is 0 Å². The first-order chi connectivity index (χ1) is 16.8. The van der Waals surface area contributed by atoms with E-state index in [9.17, 15) is 18.0 Å². The number of benzene rings is 2. The average molecular weight is 484 g/mol. The van der Waals surface area contributed by atoms with Crippen LogP contribution in [0.15, 0.2) is 60.7 Å². The van der Waals surface area contributed by atoms with Crippen LogP contribution in [0.25, 0.3) is 5.69 Å². The van der Waals surface area contributed by atoms with Crippen LogP contribution in [0, 0.1) is 0 Å². The fourth-order valence-electron chi connectivity index (χ4n) is 5.44. The number of hydrogen-bond acceptors (Lipinski definition) is 3. The summed E-state index contributed by atoms with van der Waals surface area (Å²) in [5, 5.41) is 10.7. The number of aryl methyl sites for hydroxylation is 1. The molecule has 5 rings (SSSR count). The lowest BCUT2D eigenvalue weighted by molar-refractivity contribution is -0.147. The van der Waals surface area contributed by atoms with Crippen molar-refractivity contribution in [1.82, 2.24) is 20.0 Å². The van der Waals surface area contributed by atoms with Gasteiger partial charge in [0, 0.05) is 24.1 Å². The highest BCUT2D eigenvalue weighted by atomic mass is 19.4. The van der Waals surface area contributed by atoms with Crippen molar-refractivity contribution in [3.63, 3.8) is 0 Å². The van der Waals surface area contributed by atoms with Gasteiger partial charge in [-0.2, -0.15) is 18.3 Å².